The Labute approximate surface area is 92.4 Å². The van der Waals surface area contributed by atoms with Crippen LogP contribution in [-0.2, 0) is 17.1 Å². The minimum Gasteiger partial charge on any atom is -0.482 e. The Kier molecular flexibility index (Phi) is 18.6. The van der Waals surface area contributed by atoms with E-state index in [4.69, 9.17) is 17.1 Å². The molecule has 0 saturated heterocycles. The Morgan fingerprint density at radius 3 is 1.58 bits per heavy atom. The molecule has 66 valence electrons. The second-order valence-electron chi connectivity index (χ2n) is 1.82. The summed E-state index contributed by atoms with van der Waals surface area (Å²) in [5.74, 6) is 0. The largest absolute Gasteiger partial charge is 0.668 e. The van der Waals surface area contributed by atoms with E-state index in [9.17, 15) is 0 Å². The van der Waals surface area contributed by atoms with E-state index < -0.39 is 0 Å². The monoisotopic (exact) mass is 184 g/mol. The van der Waals surface area contributed by atoms with Crippen molar-refractivity contribution in [1.82, 2.24) is 0 Å². The van der Waals surface area contributed by atoms with Crippen LogP contribution >= 0.6 is 0 Å². The molecule has 0 N–H and O–H groups in total. The summed E-state index contributed by atoms with van der Waals surface area (Å²) >= 11 is -0.349. The maximum atomic E-state index is 5.10. The molecule has 0 aliphatic rings. The molecule has 0 rings (SSSR count). The normalized spacial score (nSPS) is 9.17. The van der Waals surface area contributed by atoms with Crippen molar-refractivity contribution >= 4 is 34.7 Å². The molecule has 0 amide bonds. The molecule has 2 radical (unpaired) electrons. The minimum atomic E-state index is -0.349. The van der Waals surface area contributed by atoms with Crippen molar-refractivity contribution < 1.29 is 17.1 Å². The van der Waals surface area contributed by atoms with Crippen molar-refractivity contribution in [2.45, 2.75) is 0 Å². The van der Waals surface area contributed by atoms with E-state index in [1.165, 1.54) is 0 Å². The van der Waals surface area contributed by atoms with Crippen molar-refractivity contribution in [3.05, 3.63) is 0 Å². The van der Waals surface area contributed by atoms with Crippen LogP contribution in [0.5, 0.6) is 0 Å². The fraction of sp³-hybridized carbons (Fsp3) is 1.00. The van der Waals surface area contributed by atoms with Crippen LogP contribution in [-0.4, -0.2) is 75.4 Å². The molecule has 6 heteroatoms. The van der Waals surface area contributed by atoms with Gasteiger partial charge in [-0.2, -0.15) is 0 Å². The predicted molar refractivity (Wildman–Crippen MR) is 47.2 cm³/mol. The van der Waals surface area contributed by atoms with Crippen LogP contribution in [0.15, 0.2) is 0 Å². The summed E-state index contributed by atoms with van der Waals surface area (Å²) in [4.78, 5) is 0. The fourth-order valence-electron chi connectivity index (χ4n) is 0.407. The van der Waals surface area contributed by atoms with Gasteiger partial charge in [0.05, 0.1) is 13.2 Å². The molecule has 0 atom stereocenters. The third-order valence-corrected chi connectivity index (χ3v) is 1.69. The maximum Gasteiger partial charge on any atom is 0.668 e. The van der Waals surface area contributed by atoms with E-state index >= 15 is 0 Å². The molecule has 4 nitrogen and oxygen atoms in total. The van der Waals surface area contributed by atoms with Crippen molar-refractivity contribution in [2.24, 2.45) is 0 Å². The van der Waals surface area contributed by atoms with Crippen molar-refractivity contribution in [3.8, 4) is 0 Å². The molecule has 0 spiro atoms. The van der Waals surface area contributed by atoms with Crippen LogP contribution in [0.4, 0.5) is 0 Å². The second-order valence-corrected chi connectivity index (χ2v) is 2.68. The first-order valence-corrected chi connectivity index (χ1v) is 4.39. The molecule has 0 aromatic rings. The number of rotatable bonds is 8. The van der Waals surface area contributed by atoms with Gasteiger partial charge < -0.3 is 17.1 Å². The Bertz CT molecular complexity index is 68.6. The van der Waals surface area contributed by atoms with Gasteiger partial charge in [0.1, 0.15) is 0 Å². The molecule has 0 fully saturated rings. The molecule has 12 heavy (non-hydrogen) atoms. The molecule has 0 aromatic heterocycles. The molecule has 0 bridgehead atoms. The Hall–Kier alpha value is 0.970. The topological polar surface area (TPSA) is 36.9 Å². The molecular weight excluding hydrogens is 170 g/mol. The van der Waals surface area contributed by atoms with E-state index in [0.29, 0.717) is 26.4 Å². The SMILES string of the molecule is COCC[O][Al][O]CCOC.[Li]. The van der Waals surface area contributed by atoms with Crippen LogP contribution in [0.3, 0.4) is 0 Å². The summed E-state index contributed by atoms with van der Waals surface area (Å²) < 4.78 is 19.8. The van der Waals surface area contributed by atoms with E-state index in [2.05, 4.69) is 0 Å². The fourth-order valence-corrected chi connectivity index (χ4v) is 0.888. The van der Waals surface area contributed by atoms with Crippen LogP contribution in [0.1, 0.15) is 0 Å². The van der Waals surface area contributed by atoms with E-state index in [1.54, 1.807) is 14.2 Å². The quantitative estimate of drug-likeness (QED) is 0.375. The van der Waals surface area contributed by atoms with Gasteiger partial charge >= 0.3 is 15.9 Å². The third kappa shape index (κ3) is 13.6. The first kappa shape index (κ1) is 15.4. The van der Waals surface area contributed by atoms with Crippen LogP contribution < -0.4 is 0 Å². The van der Waals surface area contributed by atoms with Crippen molar-refractivity contribution in [3.63, 3.8) is 0 Å². The van der Waals surface area contributed by atoms with Crippen LogP contribution in [0, 0.1) is 0 Å². The summed E-state index contributed by atoms with van der Waals surface area (Å²) in [6.07, 6.45) is 0. The molecule has 0 unspecified atom stereocenters. The molecule has 0 heterocycles. The van der Waals surface area contributed by atoms with Gasteiger partial charge in [0.2, 0.25) is 0 Å². The van der Waals surface area contributed by atoms with E-state index in [0.717, 1.165) is 0 Å². The van der Waals surface area contributed by atoms with Gasteiger partial charge in [0.25, 0.3) is 0 Å². The maximum absolute atomic E-state index is 5.10. The molecule has 0 saturated carbocycles. The summed E-state index contributed by atoms with van der Waals surface area (Å²) in [6.45, 7) is 2.47. The van der Waals surface area contributed by atoms with Crippen molar-refractivity contribution in [1.29, 1.82) is 0 Å². The van der Waals surface area contributed by atoms with Gasteiger partial charge in [0.15, 0.2) is 0 Å². The van der Waals surface area contributed by atoms with Gasteiger partial charge in [-0.15, -0.1) is 0 Å². The Balaban J connectivity index is 0. The average molecular weight is 184 g/mol. The Morgan fingerprint density at radius 1 is 0.833 bits per heavy atom. The average Bonchev–Trinajstić information content (AvgIpc) is 2.03. The minimum absolute atomic E-state index is 0. The first-order chi connectivity index (χ1) is 5.41. The molecule has 0 aromatic carbocycles. The number of hydrogen-bond donors (Lipinski definition) is 0. The van der Waals surface area contributed by atoms with Gasteiger partial charge in [-0.25, -0.2) is 0 Å². The van der Waals surface area contributed by atoms with E-state index in [1.807, 2.05) is 0 Å². The summed E-state index contributed by atoms with van der Waals surface area (Å²) in [5.41, 5.74) is 0. The predicted octanol–water partition coefficient (Wildman–Crippen LogP) is -0.534. The summed E-state index contributed by atoms with van der Waals surface area (Å²) in [7, 11) is 3.29. The van der Waals surface area contributed by atoms with Gasteiger partial charge in [-0.1, -0.05) is 0 Å². The standard InChI is InChI=1S/2C3H7O2.Al.Li/c2*1-5-3-2-4;;/h2*2-3H2,1H3;;/q2*-1;+2;. The second kappa shape index (κ2) is 14.5. The third-order valence-electron chi connectivity index (χ3n) is 0.947. The van der Waals surface area contributed by atoms with Crippen molar-refractivity contribution in [2.75, 3.05) is 40.6 Å². The number of hydrogen-bond acceptors (Lipinski definition) is 4. The smallest absolute Gasteiger partial charge is 0.482 e. The van der Waals surface area contributed by atoms with E-state index in [-0.39, 0.29) is 34.7 Å². The molecular formula is C6H14AlLiO4. The number of ether oxygens (including phenoxy) is 2. The zero-order chi connectivity index (χ0) is 8.36. The summed E-state index contributed by atoms with van der Waals surface area (Å²) in [5, 5.41) is 0. The van der Waals surface area contributed by atoms with Gasteiger partial charge in [-0.05, 0) is 0 Å². The number of methoxy groups -OCH3 is 2. The van der Waals surface area contributed by atoms with Gasteiger partial charge in [0, 0.05) is 46.3 Å². The Morgan fingerprint density at radius 2 is 1.25 bits per heavy atom. The molecule has 0 aliphatic heterocycles. The first-order valence-electron chi connectivity index (χ1n) is 3.44. The van der Waals surface area contributed by atoms with Crippen LogP contribution in [0.25, 0.3) is 0 Å². The summed E-state index contributed by atoms with van der Waals surface area (Å²) in [6, 6.07) is 0. The molecule has 0 aliphatic carbocycles. The van der Waals surface area contributed by atoms with Crippen LogP contribution in [0.2, 0.25) is 0 Å². The zero-order valence-corrected chi connectivity index (χ0v) is 9.19. The zero-order valence-electron chi connectivity index (χ0n) is 8.04. The van der Waals surface area contributed by atoms with Gasteiger partial charge in [-0.3, -0.25) is 0 Å².